The Morgan fingerprint density at radius 2 is 2.47 bits per heavy atom. The maximum Gasteiger partial charge on any atom is 0.129 e. The highest BCUT2D eigenvalue weighted by Gasteiger charge is 2.22. The second-order valence-corrected chi connectivity index (χ2v) is 4.45. The number of hydrogen-bond donors (Lipinski definition) is 2. The first-order valence-electron chi connectivity index (χ1n) is 5.92. The van der Waals surface area contributed by atoms with Crippen LogP contribution in [-0.2, 0) is 11.3 Å². The van der Waals surface area contributed by atoms with Gasteiger partial charge in [0.25, 0.3) is 0 Å². The van der Waals surface area contributed by atoms with Crippen LogP contribution in [0.15, 0.2) is 22.8 Å². The van der Waals surface area contributed by atoms with Crippen molar-refractivity contribution in [1.82, 2.24) is 4.90 Å². The van der Waals surface area contributed by atoms with Gasteiger partial charge in [-0.2, -0.15) is 0 Å². The van der Waals surface area contributed by atoms with E-state index in [-0.39, 0.29) is 12.7 Å². The van der Waals surface area contributed by atoms with Crippen molar-refractivity contribution in [2.45, 2.75) is 25.2 Å². The third kappa shape index (κ3) is 4.12. The summed E-state index contributed by atoms with van der Waals surface area (Å²) in [4.78, 5) is 2.05. The molecule has 1 fully saturated rings. The summed E-state index contributed by atoms with van der Waals surface area (Å²) in [5, 5.41) is 19.1. The summed E-state index contributed by atoms with van der Waals surface area (Å²) in [6, 6.07) is 3.64. The Balaban J connectivity index is 1.59. The van der Waals surface area contributed by atoms with E-state index in [0.29, 0.717) is 19.7 Å². The molecule has 0 radical (unpaired) electrons. The second-order valence-electron chi connectivity index (χ2n) is 4.45. The van der Waals surface area contributed by atoms with Gasteiger partial charge in [-0.25, -0.2) is 0 Å². The molecule has 0 saturated carbocycles. The molecule has 1 unspecified atom stereocenters. The number of nitrogens with zero attached hydrogens (tertiary/aromatic N) is 1. The molecule has 2 rings (SSSR count). The van der Waals surface area contributed by atoms with Crippen molar-refractivity contribution in [1.29, 1.82) is 0 Å². The van der Waals surface area contributed by atoms with E-state index in [4.69, 9.17) is 9.15 Å². The lowest BCUT2D eigenvalue weighted by Gasteiger charge is -2.19. The Labute approximate surface area is 101 Å². The van der Waals surface area contributed by atoms with Gasteiger partial charge >= 0.3 is 0 Å². The van der Waals surface area contributed by atoms with E-state index < -0.39 is 6.10 Å². The molecule has 2 N–H and O–H groups in total. The summed E-state index contributed by atoms with van der Waals surface area (Å²) in [5.41, 5.74) is 0. The first-order valence-corrected chi connectivity index (χ1v) is 5.92. The third-order valence-corrected chi connectivity index (χ3v) is 2.85. The summed E-state index contributed by atoms with van der Waals surface area (Å²) < 4.78 is 10.5. The van der Waals surface area contributed by atoms with E-state index in [1.165, 1.54) is 0 Å². The lowest BCUT2D eigenvalue weighted by molar-refractivity contribution is 0.00686. The van der Waals surface area contributed by atoms with Gasteiger partial charge in [0.2, 0.25) is 0 Å². The molecule has 0 bridgehead atoms. The summed E-state index contributed by atoms with van der Waals surface area (Å²) >= 11 is 0. The summed E-state index contributed by atoms with van der Waals surface area (Å²) in [6.45, 7) is 2.71. The predicted octanol–water partition coefficient (Wildman–Crippen LogP) is 0.224. The van der Waals surface area contributed by atoms with Crippen LogP contribution in [0.4, 0.5) is 0 Å². The van der Waals surface area contributed by atoms with Gasteiger partial charge < -0.3 is 19.4 Å². The largest absolute Gasteiger partial charge is 0.467 e. The highest BCUT2D eigenvalue weighted by Crippen LogP contribution is 2.09. The van der Waals surface area contributed by atoms with E-state index in [9.17, 15) is 10.2 Å². The van der Waals surface area contributed by atoms with E-state index in [2.05, 4.69) is 0 Å². The van der Waals surface area contributed by atoms with Gasteiger partial charge in [0.05, 0.1) is 25.1 Å². The smallest absolute Gasteiger partial charge is 0.129 e. The number of aliphatic hydroxyl groups is 2. The van der Waals surface area contributed by atoms with Crippen LogP contribution in [0.25, 0.3) is 0 Å². The van der Waals surface area contributed by atoms with Crippen LogP contribution >= 0.6 is 0 Å². The van der Waals surface area contributed by atoms with Crippen molar-refractivity contribution in [2.75, 3.05) is 26.2 Å². The van der Waals surface area contributed by atoms with Crippen molar-refractivity contribution in [2.24, 2.45) is 0 Å². The van der Waals surface area contributed by atoms with Gasteiger partial charge in [-0.3, -0.25) is 4.90 Å². The fraction of sp³-hybridized carbons (Fsp3) is 0.667. The van der Waals surface area contributed by atoms with Crippen LogP contribution in [0.2, 0.25) is 0 Å². The molecule has 1 aliphatic heterocycles. The topological polar surface area (TPSA) is 66.1 Å². The average Bonchev–Trinajstić information content (AvgIpc) is 2.90. The summed E-state index contributed by atoms with van der Waals surface area (Å²) in [7, 11) is 0. The van der Waals surface area contributed by atoms with Gasteiger partial charge in [-0.1, -0.05) is 0 Å². The minimum atomic E-state index is -0.518. The number of likely N-dealkylation sites (tertiary alicyclic amines) is 1. The molecule has 5 heteroatoms. The van der Waals surface area contributed by atoms with Crippen molar-refractivity contribution in [3.63, 3.8) is 0 Å². The number of β-amino-alcohol motifs (C(OH)–C–C–N with tert-alkyl or cyclic N) is 2. The quantitative estimate of drug-likeness (QED) is 0.746. The zero-order chi connectivity index (χ0) is 12.1. The van der Waals surface area contributed by atoms with Crippen LogP contribution < -0.4 is 0 Å². The molecule has 17 heavy (non-hydrogen) atoms. The highest BCUT2D eigenvalue weighted by molar-refractivity contribution is 4.96. The molecule has 0 aromatic carbocycles. The standard InChI is InChI=1S/C12H19NO4/c14-10-3-4-13(6-10)7-11(15)8-16-9-12-2-1-5-17-12/h1-2,5,10-11,14-15H,3-4,6-9H2/t10-,11?/m0/s1. The zero-order valence-corrected chi connectivity index (χ0v) is 9.79. The molecule has 96 valence electrons. The fourth-order valence-electron chi connectivity index (χ4n) is 2.02. The average molecular weight is 241 g/mol. The van der Waals surface area contributed by atoms with Crippen molar-refractivity contribution in [3.05, 3.63) is 24.2 Å². The molecule has 1 aliphatic rings. The van der Waals surface area contributed by atoms with Crippen LogP contribution in [0, 0.1) is 0 Å². The molecule has 2 heterocycles. The Bertz CT molecular complexity index is 314. The minimum Gasteiger partial charge on any atom is -0.467 e. The van der Waals surface area contributed by atoms with E-state index >= 15 is 0 Å². The number of hydrogen-bond acceptors (Lipinski definition) is 5. The Hall–Kier alpha value is -0.880. The Morgan fingerprint density at radius 3 is 3.12 bits per heavy atom. The fourth-order valence-corrected chi connectivity index (χ4v) is 2.02. The van der Waals surface area contributed by atoms with Gasteiger partial charge in [0, 0.05) is 19.6 Å². The number of furan rings is 1. The lowest BCUT2D eigenvalue weighted by atomic mass is 10.3. The molecule has 2 atom stereocenters. The maximum atomic E-state index is 9.75. The third-order valence-electron chi connectivity index (χ3n) is 2.85. The lowest BCUT2D eigenvalue weighted by Crippen LogP contribution is -2.33. The highest BCUT2D eigenvalue weighted by atomic mass is 16.5. The van der Waals surface area contributed by atoms with E-state index in [1.54, 1.807) is 12.3 Å². The van der Waals surface area contributed by atoms with Gasteiger partial charge in [-0.05, 0) is 18.6 Å². The molecule has 0 spiro atoms. The molecular weight excluding hydrogens is 222 g/mol. The van der Waals surface area contributed by atoms with E-state index in [1.807, 2.05) is 11.0 Å². The Morgan fingerprint density at radius 1 is 1.59 bits per heavy atom. The normalized spacial score (nSPS) is 23.1. The molecular formula is C12H19NO4. The van der Waals surface area contributed by atoms with Crippen molar-refractivity contribution in [3.8, 4) is 0 Å². The van der Waals surface area contributed by atoms with Crippen LogP contribution in [-0.4, -0.2) is 53.6 Å². The summed E-state index contributed by atoms with van der Waals surface area (Å²) in [6.07, 6.45) is 1.63. The Kier molecular flexibility index (Phi) is 4.56. The van der Waals surface area contributed by atoms with Gasteiger partial charge in [0.15, 0.2) is 0 Å². The van der Waals surface area contributed by atoms with Gasteiger partial charge in [0.1, 0.15) is 12.4 Å². The molecule has 1 saturated heterocycles. The molecule has 0 aliphatic carbocycles. The number of ether oxygens (including phenoxy) is 1. The van der Waals surface area contributed by atoms with Crippen molar-refractivity contribution < 1.29 is 19.4 Å². The zero-order valence-electron chi connectivity index (χ0n) is 9.79. The first kappa shape index (κ1) is 12.6. The van der Waals surface area contributed by atoms with Crippen LogP contribution in [0.3, 0.4) is 0 Å². The first-order chi connectivity index (χ1) is 8.24. The number of rotatable bonds is 6. The predicted molar refractivity (Wildman–Crippen MR) is 61.4 cm³/mol. The van der Waals surface area contributed by atoms with Crippen LogP contribution in [0.5, 0.6) is 0 Å². The SMILES string of the molecule is OC(COCc1ccco1)CN1CC[C@H](O)C1. The number of aliphatic hydroxyl groups excluding tert-OH is 2. The van der Waals surface area contributed by atoms with E-state index in [0.717, 1.165) is 18.7 Å². The van der Waals surface area contributed by atoms with Gasteiger partial charge in [-0.15, -0.1) is 0 Å². The van der Waals surface area contributed by atoms with Crippen LogP contribution in [0.1, 0.15) is 12.2 Å². The second kappa shape index (κ2) is 6.16. The monoisotopic (exact) mass is 241 g/mol. The van der Waals surface area contributed by atoms with Crippen molar-refractivity contribution >= 4 is 0 Å². The summed E-state index contributed by atoms with van der Waals surface area (Å²) in [5.74, 6) is 0.758. The minimum absolute atomic E-state index is 0.244. The molecule has 0 amide bonds. The molecule has 5 nitrogen and oxygen atoms in total. The molecule has 1 aromatic heterocycles. The maximum absolute atomic E-state index is 9.75. The molecule has 1 aromatic rings.